The van der Waals surface area contributed by atoms with Crippen LogP contribution in [0, 0.1) is 12.8 Å². The maximum absolute atomic E-state index is 12.7. The molecule has 7 nitrogen and oxygen atoms in total. The number of carbonyl (C=O) groups is 3. The van der Waals surface area contributed by atoms with Gasteiger partial charge >= 0.3 is 5.97 Å². The Balaban J connectivity index is 1.61. The van der Waals surface area contributed by atoms with Crippen LogP contribution in [-0.4, -0.2) is 55.5 Å². The van der Waals surface area contributed by atoms with Crippen molar-refractivity contribution in [1.29, 1.82) is 0 Å². The lowest BCUT2D eigenvalue weighted by atomic mass is 9.94. The average Bonchev–Trinajstić information content (AvgIpc) is 3.14. The standard InChI is InChI=1S/C23H32N2O5/c1-15-10-11-20(29-4)19(12-15)25-14-17(13-21(25)26)23(28)30-16(2)22(27)24(3)18-8-6-5-7-9-18/h10-12,16-18H,5-9,13-14H2,1-4H3/t16-,17-/m0/s1. The van der Waals surface area contributed by atoms with Crippen LogP contribution in [0.15, 0.2) is 18.2 Å². The summed E-state index contributed by atoms with van der Waals surface area (Å²) in [4.78, 5) is 41.3. The van der Waals surface area contributed by atoms with Crippen molar-refractivity contribution in [1.82, 2.24) is 4.90 Å². The van der Waals surface area contributed by atoms with E-state index in [1.165, 1.54) is 6.42 Å². The molecule has 3 rings (SSSR count). The normalized spacial score (nSPS) is 20.7. The number of methoxy groups -OCH3 is 1. The van der Waals surface area contributed by atoms with Crippen molar-refractivity contribution in [3.05, 3.63) is 23.8 Å². The molecule has 0 spiro atoms. The number of carbonyl (C=O) groups excluding carboxylic acids is 3. The summed E-state index contributed by atoms with van der Waals surface area (Å²) in [6, 6.07) is 5.80. The SMILES string of the molecule is COc1ccc(C)cc1N1C[C@@H](C(=O)O[C@@H](C)C(=O)N(C)C2CCCCC2)CC1=O. The predicted octanol–water partition coefficient (Wildman–Crippen LogP) is 3.08. The maximum Gasteiger partial charge on any atom is 0.312 e. The Labute approximate surface area is 178 Å². The molecule has 2 fully saturated rings. The van der Waals surface area contributed by atoms with Crippen molar-refractivity contribution in [2.45, 2.75) is 64.5 Å². The predicted molar refractivity (Wildman–Crippen MR) is 113 cm³/mol. The second kappa shape index (κ2) is 9.49. The van der Waals surface area contributed by atoms with Crippen LogP contribution in [0.4, 0.5) is 5.69 Å². The van der Waals surface area contributed by atoms with Gasteiger partial charge in [0.05, 0.1) is 18.7 Å². The number of nitrogens with zero attached hydrogens (tertiary/aromatic N) is 2. The van der Waals surface area contributed by atoms with Crippen LogP contribution in [-0.2, 0) is 19.1 Å². The van der Waals surface area contributed by atoms with Gasteiger partial charge in [0.25, 0.3) is 5.91 Å². The number of amides is 2. The highest BCUT2D eigenvalue weighted by Gasteiger charge is 2.39. The second-order valence-electron chi connectivity index (χ2n) is 8.40. The van der Waals surface area contributed by atoms with E-state index in [9.17, 15) is 14.4 Å². The zero-order valence-electron chi connectivity index (χ0n) is 18.3. The molecule has 2 aliphatic rings. The summed E-state index contributed by atoms with van der Waals surface area (Å²) in [5.74, 6) is -0.857. The smallest absolute Gasteiger partial charge is 0.312 e. The van der Waals surface area contributed by atoms with E-state index in [2.05, 4.69) is 0 Å². The molecule has 1 saturated carbocycles. The Morgan fingerprint density at radius 2 is 1.90 bits per heavy atom. The van der Waals surface area contributed by atoms with Crippen LogP contribution in [0.25, 0.3) is 0 Å². The third-order valence-electron chi connectivity index (χ3n) is 6.19. The molecule has 2 atom stereocenters. The Morgan fingerprint density at radius 3 is 2.57 bits per heavy atom. The number of anilines is 1. The maximum atomic E-state index is 12.7. The molecule has 164 valence electrons. The number of ether oxygens (including phenoxy) is 2. The highest BCUT2D eigenvalue weighted by Crippen LogP contribution is 2.34. The molecule has 0 unspecified atom stereocenters. The van der Waals surface area contributed by atoms with E-state index < -0.39 is 18.0 Å². The fraction of sp³-hybridized carbons (Fsp3) is 0.609. The van der Waals surface area contributed by atoms with Crippen LogP contribution in [0.1, 0.15) is 51.0 Å². The van der Waals surface area contributed by atoms with Gasteiger partial charge in [0, 0.05) is 26.1 Å². The summed E-state index contributed by atoms with van der Waals surface area (Å²) in [7, 11) is 3.34. The van der Waals surface area contributed by atoms with Gasteiger partial charge < -0.3 is 19.3 Å². The summed E-state index contributed by atoms with van der Waals surface area (Å²) in [6.45, 7) is 3.76. The Kier molecular flexibility index (Phi) is 7.00. The Morgan fingerprint density at radius 1 is 1.20 bits per heavy atom. The van der Waals surface area contributed by atoms with E-state index in [1.807, 2.05) is 25.1 Å². The lowest BCUT2D eigenvalue weighted by molar-refractivity contribution is -0.162. The van der Waals surface area contributed by atoms with Crippen molar-refractivity contribution in [2.24, 2.45) is 5.92 Å². The molecule has 1 aromatic carbocycles. The third kappa shape index (κ3) is 4.77. The minimum absolute atomic E-state index is 0.0648. The van der Waals surface area contributed by atoms with Gasteiger partial charge in [-0.2, -0.15) is 0 Å². The van der Waals surface area contributed by atoms with E-state index >= 15 is 0 Å². The second-order valence-corrected chi connectivity index (χ2v) is 8.40. The van der Waals surface area contributed by atoms with E-state index in [0.717, 1.165) is 31.2 Å². The van der Waals surface area contributed by atoms with E-state index in [-0.39, 0.29) is 30.8 Å². The van der Waals surface area contributed by atoms with Gasteiger partial charge in [0.1, 0.15) is 5.75 Å². The molecule has 1 aliphatic carbocycles. The summed E-state index contributed by atoms with van der Waals surface area (Å²) in [6.07, 6.45) is 4.65. The molecule has 1 saturated heterocycles. The van der Waals surface area contributed by atoms with Crippen LogP contribution >= 0.6 is 0 Å². The molecular formula is C23H32N2O5. The highest BCUT2D eigenvalue weighted by molar-refractivity contribution is 6.00. The fourth-order valence-electron chi connectivity index (χ4n) is 4.37. The molecule has 1 aromatic rings. The zero-order valence-corrected chi connectivity index (χ0v) is 18.3. The van der Waals surface area contributed by atoms with Crippen LogP contribution < -0.4 is 9.64 Å². The number of hydrogen-bond donors (Lipinski definition) is 0. The minimum Gasteiger partial charge on any atom is -0.495 e. The van der Waals surface area contributed by atoms with Crippen molar-refractivity contribution in [3.8, 4) is 5.75 Å². The molecule has 0 radical (unpaired) electrons. The first-order chi connectivity index (χ1) is 14.3. The lowest BCUT2D eigenvalue weighted by Gasteiger charge is -2.32. The van der Waals surface area contributed by atoms with E-state index in [4.69, 9.17) is 9.47 Å². The first-order valence-corrected chi connectivity index (χ1v) is 10.7. The fourth-order valence-corrected chi connectivity index (χ4v) is 4.37. The first kappa shape index (κ1) is 22.1. The largest absolute Gasteiger partial charge is 0.495 e. The molecule has 1 heterocycles. The first-order valence-electron chi connectivity index (χ1n) is 10.7. The molecule has 1 aliphatic heterocycles. The van der Waals surface area contributed by atoms with Gasteiger partial charge in [0.2, 0.25) is 5.91 Å². The van der Waals surface area contributed by atoms with Crippen molar-refractivity contribution < 1.29 is 23.9 Å². The monoisotopic (exact) mass is 416 g/mol. The third-order valence-corrected chi connectivity index (χ3v) is 6.19. The molecule has 0 N–H and O–H groups in total. The minimum atomic E-state index is -0.859. The van der Waals surface area contributed by atoms with Crippen LogP contribution in [0.5, 0.6) is 5.75 Å². The summed E-state index contributed by atoms with van der Waals surface area (Å²) in [5.41, 5.74) is 1.65. The summed E-state index contributed by atoms with van der Waals surface area (Å²) in [5, 5.41) is 0. The number of rotatable bonds is 6. The van der Waals surface area contributed by atoms with E-state index in [0.29, 0.717) is 11.4 Å². The van der Waals surface area contributed by atoms with Gasteiger partial charge in [-0.1, -0.05) is 25.3 Å². The topological polar surface area (TPSA) is 76.2 Å². The van der Waals surface area contributed by atoms with Crippen LogP contribution in [0.3, 0.4) is 0 Å². The highest BCUT2D eigenvalue weighted by atomic mass is 16.5. The number of likely N-dealkylation sites (N-methyl/N-ethyl adjacent to an activating group) is 1. The van der Waals surface area contributed by atoms with E-state index in [1.54, 1.807) is 30.9 Å². The molecule has 0 aromatic heterocycles. The van der Waals surface area contributed by atoms with Crippen molar-refractivity contribution in [3.63, 3.8) is 0 Å². The van der Waals surface area contributed by atoms with Gasteiger partial charge in [-0.25, -0.2) is 0 Å². The number of hydrogen-bond acceptors (Lipinski definition) is 5. The van der Waals surface area contributed by atoms with Gasteiger partial charge in [-0.3, -0.25) is 14.4 Å². The number of esters is 1. The summed E-state index contributed by atoms with van der Waals surface area (Å²) >= 11 is 0. The summed E-state index contributed by atoms with van der Waals surface area (Å²) < 4.78 is 10.9. The molecular weight excluding hydrogens is 384 g/mol. The molecule has 2 amide bonds. The molecule has 7 heteroatoms. The zero-order chi connectivity index (χ0) is 21.8. The Bertz CT molecular complexity index is 803. The number of benzene rings is 1. The lowest BCUT2D eigenvalue weighted by Crippen LogP contribution is -2.44. The van der Waals surface area contributed by atoms with Gasteiger partial charge in [0.15, 0.2) is 6.10 Å². The van der Waals surface area contributed by atoms with Gasteiger partial charge in [-0.05, 0) is 44.4 Å². The van der Waals surface area contributed by atoms with Crippen molar-refractivity contribution >= 4 is 23.5 Å². The molecule has 30 heavy (non-hydrogen) atoms. The average molecular weight is 417 g/mol. The quantitative estimate of drug-likeness (QED) is 0.666. The Hall–Kier alpha value is -2.57. The molecule has 0 bridgehead atoms. The van der Waals surface area contributed by atoms with Gasteiger partial charge in [-0.15, -0.1) is 0 Å². The van der Waals surface area contributed by atoms with Crippen LogP contribution in [0.2, 0.25) is 0 Å². The number of aryl methyl sites for hydroxylation is 1. The van der Waals surface area contributed by atoms with Crippen molar-refractivity contribution in [2.75, 3.05) is 25.6 Å².